The van der Waals surface area contributed by atoms with Crippen molar-refractivity contribution in [2.75, 3.05) is 19.6 Å². The fraction of sp³-hybridized carbons (Fsp3) is 0.583. The van der Waals surface area contributed by atoms with E-state index in [0.29, 0.717) is 17.7 Å². The van der Waals surface area contributed by atoms with E-state index in [-0.39, 0.29) is 5.91 Å². The summed E-state index contributed by atoms with van der Waals surface area (Å²) in [4.78, 5) is 17.1. The van der Waals surface area contributed by atoms with Gasteiger partial charge < -0.3 is 15.2 Å². The van der Waals surface area contributed by atoms with Crippen molar-refractivity contribution in [2.45, 2.75) is 18.9 Å². The summed E-state index contributed by atoms with van der Waals surface area (Å²) >= 11 is 0. The molecule has 1 amide bonds. The molecule has 86 valence electrons. The van der Waals surface area contributed by atoms with Gasteiger partial charge in [0, 0.05) is 25.3 Å². The van der Waals surface area contributed by atoms with E-state index < -0.39 is 0 Å². The highest BCUT2D eigenvalue weighted by Crippen LogP contribution is 2.25. The van der Waals surface area contributed by atoms with Gasteiger partial charge in [-0.2, -0.15) is 0 Å². The Hall–Kier alpha value is -1.29. The Kier molecular flexibility index (Phi) is 2.44. The first-order chi connectivity index (χ1) is 7.84. The Balaban J connectivity index is 1.70. The molecule has 2 N–H and O–H groups in total. The predicted molar refractivity (Wildman–Crippen MR) is 61.2 cm³/mol. The summed E-state index contributed by atoms with van der Waals surface area (Å²) in [7, 11) is 0. The van der Waals surface area contributed by atoms with Crippen molar-refractivity contribution in [3.8, 4) is 0 Å². The third kappa shape index (κ3) is 1.63. The molecular weight excluding hydrogens is 202 g/mol. The zero-order valence-corrected chi connectivity index (χ0v) is 9.28. The number of aromatic amines is 1. The summed E-state index contributed by atoms with van der Waals surface area (Å²) in [6, 6.07) is 4.37. The molecule has 1 aromatic heterocycles. The first kappa shape index (κ1) is 9.90. The summed E-state index contributed by atoms with van der Waals surface area (Å²) in [5, 5.41) is 3.51. The van der Waals surface area contributed by atoms with Crippen molar-refractivity contribution in [1.29, 1.82) is 0 Å². The van der Waals surface area contributed by atoms with E-state index in [1.165, 1.54) is 6.42 Å². The number of nitrogens with one attached hydrogen (secondary N) is 2. The van der Waals surface area contributed by atoms with Gasteiger partial charge in [0.05, 0.1) is 0 Å². The van der Waals surface area contributed by atoms with Crippen LogP contribution >= 0.6 is 0 Å². The van der Waals surface area contributed by atoms with E-state index in [0.717, 1.165) is 26.1 Å². The zero-order valence-electron chi connectivity index (χ0n) is 9.28. The van der Waals surface area contributed by atoms with Gasteiger partial charge in [0.25, 0.3) is 5.91 Å². The summed E-state index contributed by atoms with van der Waals surface area (Å²) < 4.78 is 0. The normalized spacial score (nSPS) is 29.1. The SMILES string of the molecule is O=C(c1ccc[nH]1)N1CCC2NCCC2C1. The fourth-order valence-corrected chi connectivity index (χ4v) is 2.87. The molecule has 2 aliphatic heterocycles. The smallest absolute Gasteiger partial charge is 0.270 e. The topological polar surface area (TPSA) is 48.1 Å². The maximum Gasteiger partial charge on any atom is 0.270 e. The molecule has 0 saturated carbocycles. The maximum atomic E-state index is 12.1. The van der Waals surface area contributed by atoms with Gasteiger partial charge in [-0.1, -0.05) is 0 Å². The van der Waals surface area contributed by atoms with Gasteiger partial charge in [0.1, 0.15) is 5.69 Å². The first-order valence-electron chi connectivity index (χ1n) is 6.00. The maximum absolute atomic E-state index is 12.1. The molecule has 3 heterocycles. The molecule has 4 nitrogen and oxygen atoms in total. The van der Waals surface area contributed by atoms with E-state index in [9.17, 15) is 4.79 Å². The van der Waals surface area contributed by atoms with E-state index in [1.807, 2.05) is 17.0 Å². The third-order valence-electron chi connectivity index (χ3n) is 3.77. The molecule has 2 saturated heterocycles. The Labute approximate surface area is 95.0 Å². The molecule has 0 bridgehead atoms. The number of nitrogens with zero attached hydrogens (tertiary/aromatic N) is 1. The third-order valence-corrected chi connectivity index (χ3v) is 3.77. The predicted octanol–water partition coefficient (Wildman–Crippen LogP) is 0.839. The Morgan fingerprint density at radius 3 is 3.19 bits per heavy atom. The van der Waals surface area contributed by atoms with Crippen LogP contribution in [0.3, 0.4) is 0 Å². The second-order valence-corrected chi connectivity index (χ2v) is 4.73. The highest BCUT2D eigenvalue weighted by molar-refractivity contribution is 5.92. The average molecular weight is 219 g/mol. The monoisotopic (exact) mass is 219 g/mol. The number of piperidine rings is 1. The molecule has 16 heavy (non-hydrogen) atoms. The van der Waals surface area contributed by atoms with Crippen LogP contribution in [0.25, 0.3) is 0 Å². The number of hydrogen-bond acceptors (Lipinski definition) is 2. The molecule has 1 aromatic rings. The quantitative estimate of drug-likeness (QED) is 0.735. The van der Waals surface area contributed by atoms with Crippen LogP contribution in [0.15, 0.2) is 18.3 Å². The van der Waals surface area contributed by atoms with E-state index in [1.54, 1.807) is 6.20 Å². The van der Waals surface area contributed by atoms with Gasteiger partial charge in [0.15, 0.2) is 0 Å². The zero-order chi connectivity index (χ0) is 11.0. The minimum absolute atomic E-state index is 0.148. The second kappa shape index (κ2) is 3.94. The summed E-state index contributed by atoms with van der Waals surface area (Å²) in [5.41, 5.74) is 0.712. The average Bonchev–Trinajstić information content (AvgIpc) is 2.98. The molecular formula is C12H17N3O. The standard InChI is InChI=1S/C12H17N3O/c16-12(11-2-1-5-13-11)15-7-4-10-9(8-15)3-6-14-10/h1-2,5,9-10,13-14H,3-4,6-8H2. The molecule has 0 spiro atoms. The van der Waals surface area contributed by atoms with Crippen molar-refractivity contribution in [2.24, 2.45) is 5.92 Å². The van der Waals surface area contributed by atoms with Crippen LogP contribution in [0.2, 0.25) is 0 Å². The van der Waals surface area contributed by atoms with Gasteiger partial charge >= 0.3 is 0 Å². The van der Waals surface area contributed by atoms with Crippen molar-refractivity contribution in [1.82, 2.24) is 15.2 Å². The number of carbonyl (C=O) groups excluding carboxylic acids is 1. The van der Waals surface area contributed by atoms with Crippen molar-refractivity contribution < 1.29 is 4.79 Å². The number of rotatable bonds is 1. The lowest BCUT2D eigenvalue weighted by Gasteiger charge is -2.34. The van der Waals surface area contributed by atoms with Crippen molar-refractivity contribution in [3.63, 3.8) is 0 Å². The van der Waals surface area contributed by atoms with E-state index in [2.05, 4.69) is 10.3 Å². The van der Waals surface area contributed by atoms with Crippen molar-refractivity contribution in [3.05, 3.63) is 24.0 Å². The number of H-pyrrole nitrogens is 1. The van der Waals surface area contributed by atoms with Gasteiger partial charge in [0.2, 0.25) is 0 Å². The van der Waals surface area contributed by atoms with Crippen LogP contribution in [0.1, 0.15) is 23.3 Å². The van der Waals surface area contributed by atoms with Crippen LogP contribution in [-0.2, 0) is 0 Å². The van der Waals surface area contributed by atoms with Crippen LogP contribution < -0.4 is 5.32 Å². The lowest BCUT2D eigenvalue weighted by molar-refractivity contribution is 0.0657. The molecule has 0 aromatic carbocycles. The summed E-state index contributed by atoms with van der Waals surface area (Å²) in [5.74, 6) is 0.808. The van der Waals surface area contributed by atoms with E-state index >= 15 is 0 Å². The van der Waals surface area contributed by atoms with Crippen molar-refractivity contribution >= 4 is 5.91 Å². The summed E-state index contributed by atoms with van der Waals surface area (Å²) in [6.45, 7) is 2.90. The van der Waals surface area contributed by atoms with Crippen LogP contribution in [0, 0.1) is 5.92 Å². The number of amides is 1. The number of fused-ring (bicyclic) bond motifs is 1. The molecule has 2 fully saturated rings. The summed E-state index contributed by atoms with van der Waals surface area (Å²) in [6.07, 6.45) is 4.10. The number of carbonyl (C=O) groups is 1. The minimum Gasteiger partial charge on any atom is -0.357 e. The van der Waals surface area contributed by atoms with Gasteiger partial charge in [-0.25, -0.2) is 0 Å². The van der Waals surface area contributed by atoms with Crippen LogP contribution in [-0.4, -0.2) is 41.5 Å². The molecule has 2 aliphatic rings. The Bertz CT molecular complexity index is 374. The van der Waals surface area contributed by atoms with Crippen LogP contribution in [0.5, 0.6) is 0 Å². The number of hydrogen-bond donors (Lipinski definition) is 2. The van der Waals surface area contributed by atoms with Gasteiger partial charge in [-0.15, -0.1) is 0 Å². The fourth-order valence-electron chi connectivity index (χ4n) is 2.87. The molecule has 0 radical (unpaired) electrons. The molecule has 4 heteroatoms. The lowest BCUT2D eigenvalue weighted by atomic mass is 9.93. The lowest BCUT2D eigenvalue weighted by Crippen LogP contribution is -2.46. The highest BCUT2D eigenvalue weighted by Gasteiger charge is 2.34. The highest BCUT2D eigenvalue weighted by atomic mass is 16.2. The minimum atomic E-state index is 0.148. The molecule has 2 atom stereocenters. The first-order valence-corrected chi connectivity index (χ1v) is 6.00. The molecule has 0 aliphatic carbocycles. The Morgan fingerprint density at radius 1 is 1.44 bits per heavy atom. The molecule has 3 rings (SSSR count). The van der Waals surface area contributed by atoms with E-state index in [4.69, 9.17) is 0 Å². The Morgan fingerprint density at radius 2 is 2.38 bits per heavy atom. The van der Waals surface area contributed by atoms with Gasteiger partial charge in [-0.05, 0) is 37.4 Å². The number of likely N-dealkylation sites (tertiary alicyclic amines) is 1. The molecule has 2 unspecified atom stereocenters. The number of aromatic nitrogens is 1. The van der Waals surface area contributed by atoms with Crippen LogP contribution in [0.4, 0.5) is 0 Å². The second-order valence-electron chi connectivity index (χ2n) is 4.73. The largest absolute Gasteiger partial charge is 0.357 e. The van der Waals surface area contributed by atoms with Gasteiger partial charge in [-0.3, -0.25) is 4.79 Å².